The lowest BCUT2D eigenvalue weighted by Crippen LogP contribution is -2.52. The molecule has 7 aromatic carbocycles. The van der Waals surface area contributed by atoms with Gasteiger partial charge in [-0.25, -0.2) is 0 Å². The monoisotopic (exact) mass is 761 g/mol. The van der Waals surface area contributed by atoms with Gasteiger partial charge in [-0.15, -0.1) is 0 Å². The summed E-state index contributed by atoms with van der Waals surface area (Å²) >= 11 is 0. The molecule has 4 heteroatoms. The van der Waals surface area contributed by atoms with Gasteiger partial charge in [-0.05, 0) is 86.5 Å². The molecule has 0 amide bonds. The van der Waals surface area contributed by atoms with Crippen LogP contribution in [0.4, 0.5) is 11.4 Å². The van der Waals surface area contributed by atoms with Crippen molar-refractivity contribution in [1.29, 1.82) is 0 Å². The average Bonchev–Trinajstić information content (AvgIpc) is 3.83. The molecule has 286 valence electrons. The second-order valence-electron chi connectivity index (χ2n) is 19.8. The molecule has 0 saturated carbocycles. The fraction of sp³-hybridized carbons (Fsp3) is 0.200. The van der Waals surface area contributed by atoms with Crippen LogP contribution in [0, 0.1) is 0 Å². The summed E-state index contributed by atoms with van der Waals surface area (Å²) in [5.41, 5.74) is 20.8. The first-order chi connectivity index (χ1) is 28.3. The number of hydrogen-bond acceptors (Lipinski definition) is 1. The highest BCUT2D eigenvalue weighted by Gasteiger charge is 2.53. The maximum atomic E-state index is 2.76. The van der Waals surface area contributed by atoms with Crippen molar-refractivity contribution in [3.8, 4) is 16.8 Å². The minimum absolute atomic E-state index is 0.0154. The van der Waals surface area contributed by atoms with Gasteiger partial charge in [0, 0.05) is 71.9 Å². The van der Waals surface area contributed by atoms with E-state index in [2.05, 4.69) is 215 Å². The molecule has 0 atom stereocenters. The summed E-state index contributed by atoms with van der Waals surface area (Å²) in [7, 11) is 0. The Morgan fingerprint density at radius 1 is 0.508 bits per heavy atom. The molecule has 12 rings (SSSR count). The van der Waals surface area contributed by atoms with Gasteiger partial charge in [0.25, 0.3) is 0 Å². The third kappa shape index (κ3) is 4.50. The van der Waals surface area contributed by atoms with Crippen LogP contribution >= 0.6 is 0 Å². The van der Waals surface area contributed by atoms with Crippen molar-refractivity contribution in [3.05, 3.63) is 173 Å². The largest absolute Gasteiger partial charge is 0.375 e. The third-order valence-corrected chi connectivity index (χ3v) is 14.0. The number of allylic oxidation sites excluding steroid dienone is 1. The van der Waals surface area contributed by atoms with E-state index in [0.29, 0.717) is 0 Å². The van der Waals surface area contributed by atoms with Crippen LogP contribution in [0.5, 0.6) is 0 Å². The van der Waals surface area contributed by atoms with Gasteiger partial charge in [0.15, 0.2) is 0 Å². The number of hydrogen-bond donors (Lipinski definition) is 0. The molecule has 0 unspecified atom stereocenters. The van der Waals surface area contributed by atoms with Crippen LogP contribution in [0.15, 0.2) is 151 Å². The molecule has 0 saturated heterocycles. The van der Waals surface area contributed by atoms with Crippen LogP contribution in [0.1, 0.15) is 77.6 Å². The van der Waals surface area contributed by atoms with Crippen LogP contribution in [0.25, 0.3) is 66.1 Å². The summed E-state index contributed by atoms with van der Waals surface area (Å²) in [6.07, 6.45) is 0. The van der Waals surface area contributed by atoms with Crippen LogP contribution in [-0.2, 0) is 16.2 Å². The van der Waals surface area contributed by atoms with Gasteiger partial charge < -0.3 is 13.9 Å². The smallest absolute Gasteiger partial charge is 0.329 e. The Morgan fingerprint density at radius 3 is 1.95 bits per heavy atom. The van der Waals surface area contributed by atoms with Crippen molar-refractivity contribution >= 4 is 73.0 Å². The summed E-state index contributed by atoms with van der Waals surface area (Å²) in [5.74, 6) is 0. The van der Waals surface area contributed by atoms with Gasteiger partial charge in [-0.2, -0.15) is 0 Å². The van der Waals surface area contributed by atoms with Crippen molar-refractivity contribution in [2.75, 3.05) is 4.90 Å². The number of nitrogens with zero attached hydrogens (tertiary/aromatic N) is 3. The Bertz CT molecular complexity index is 3310. The maximum absolute atomic E-state index is 2.76. The summed E-state index contributed by atoms with van der Waals surface area (Å²) < 4.78 is 5.28. The summed E-state index contributed by atoms with van der Waals surface area (Å²) in [5, 5.41) is 5.20. The molecule has 59 heavy (non-hydrogen) atoms. The van der Waals surface area contributed by atoms with Gasteiger partial charge in [0.1, 0.15) is 0 Å². The molecule has 0 bridgehead atoms. The fourth-order valence-electron chi connectivity index (χ4n) is 11.2. The highest BCUT2D eigenvalue weighted by atomic mass is 15.2. The Morgan fingerprint density at radius 2 is 1.19 bits per heavy atom. The highest BCUT2D eigenvalue weighted by molar-refractivity contribution is 6.85. The molecule has 0 radical (unpaired) electrons. The first-order valence-corrected chi connectivity index (χ1v) is 21.3. The van der Waals surface area contributed by atoms with E-state index in [9.17, 15) is 0 Å². The van der Waals surface area contributed by atoms with E-state index in [0.717, 1.165) is 0 Å². The zero-order chi connectivity index (χ0) is 40.3. The normalized spacial score (nSPS) is 15.5. The van der Waals surface area contributed by atoms with Crippen LogP contribution in [-0.4, -0.2) is 15.9 Å². The number of para-hydroxylation sites is 3. The zero-order valence-electron chi connectivity index (χ0n) is 35.3. The van der Waals surface area contributed by atoms with Crippen molar-refractivity contribution in [2.24, 2.45) is 0 Å². The van der Waals surface area contributed by atoms with Gasteiger partial charge in [0.05, 0.1) is 11.0 Å². The summed E-state index contributed by atoms with van der Waals surface area (Å²) in [6, 6.07) is 55.5. The fourth-order valence-corrected chi connectivity index (χ4v) is 11.2. The van der Waals surface area contributed by atoms with Crippen molar-refractivity contribution in [3.63, 3.8) is 0 Å². The Labute approximate surface area is 347 Å². The number of fused-ring (bicyclic) bond motifs is 12. The Hall–Kier alpha value is -6.26. The molecule has 0 spiro atoms. The lowest BCUT2D eigenvalue weighted by molar-refractivity contribution is 0.590. The molecule has 2 aromatic heterocycles. The number of anilines is 2. The second-order valence-corrected chi connectivity index (χ2v) is 19.8. The van der Waals surface area contributed by atoms with E-state index >= 15 is 0 Å². The molecular weight excluding hydrogens is 713 g/mol. The second kappa shape index (κ2) is 11.5. The third-order valence-electron chi connectivity index (χ3n) is 14.0. The minimum atomic E-state index is -0.240. The molecular formula is C55H48BN3. The Kier molecular flexibility index (Phi) is 6.76. The van der Waals surface area contributed by atoms with Crippen molar-refractivity contribution in [2.45, 2.75) is 71.6 Å². The standard InChI is InChI=1S/C55H48BN3/c1-53(2,3)33-25-27-36(28-26-33)58-46-32-34(54(4,5)6)31-42-38-21-16-22-41-47-45(30-29-39-37-19-13-15-24-44(37)57(50(39)47)35-17-10-9-11-18-35)59(49(38)41)56(48(42)46)52-51(58)40-20-12-14-23-43(40)55(52,7)8/h9-32H,1-8H3. The summed E-state index contributed by atoms with van der Waals surface area (Å²) in [4.78, 5) is 2.64. The number of aromatic nitrogens is 2. The SMILES string of the molecule is CC(C)(C)c1ccc(N2C3=C(B4c5c(cc(C(C)(C)C)cc52)-c2cccc5c6c(ccc7c8ccccc8n(-c8ccccc8)c76)n4c25)C(C)(C)c2ccccc23)cc1. The molecule has 1 aliphatic carbocycles. The summed E-state index contributed by atoms with van der Waals surface area (Å²) in [6.45, 7) is 18.9. The molecule has 0 fully saturated rings. The predicted octanol–water partition coefficient (Wildman–Crippen LogP) is 13.6. The van der Waals surface area contributed by atoms with Gasteiger partial charge in [-0.3, -0.25) is 0 Å². The first-order valence-electron chi connectivity index (χ1n) is 21.3. The average molecular weight is 762 g/mol. The molecule has 3 nitrogen and oxygen atoms in total. The van der Waals surface area contributed by atoms with Crippen LogP contribution in [0.2, 0.25) is 0 Å². The van der Waals surface area contributed by atoms with Crippen LogP contribution in [0.3, 0.4) is 0 Å². The van der Waals surface area contributed by atoms with E-state index < -0.39 is 0 Å². The lowest BCUT2D eigenvalue weighted by atomic mass is 9.40. The van der Waals surface area contributed by atoms with E-state index in [1.165, 1.54) is 111 Å². The van der Waals surface area contributed by atoms with E-state index in [4.69, 9.17) is 0 Å². The quantitative estimate of drug-likeness (QED) is 0.160. The predicted molar refractivity (Wildman–Crippen MR) is 252 cm³/mol. The maximum Gasteiger partial charge on any atom is 0.329 e. The van der Waals surface area contributed by atoms with Gasteiger partial charge in [-0.1, -0.05) is 159 Å². The molecule has 0 N–H and O–H groups in total. The highest BCUT2D eigenvalue weighted by Crippen LogP contribution is 2.57. The molecule has 9 aromatic rings. The van der Waals surface area contributed by atoms with Crippen LogP contribution < -0.4 is 10.4 Å². The van der Waals surface area contributed by atoms with Gasteiger partial charge >= 0.3 is 6.85 Å². The minimum Gasteiger partial charge on any atom is -0.375 e. The zero-order valence-corrected chi connectivity index (χ0v) is 35.3. The van der Waals surface area contributed by atoms with E-state index in [1.807, 2.05) is 0 Å². The molecule has 4 heterocycles. The van der Waals surface area contributed by atoms with Gasteiger partial charge in [0.2, 0.25) is 0 Å². The van der Waals surface area contributed by atoms with Crippen molar-refractivity contribution < 1.29 is 0 Å². The number of rotatable bonds is 2. The van der Waals surface area contributed by atoms with E-state index in [1.54, 1.807) is 0 Å². The van der Waals surface area contributed by atoms with Crippen molar-refractivity contribution in [1.82, 2.24) is 9.05 Å². The van der Waals surface area contributed by atoms with E-state index in [-0.39, 0.29) is 23.1 Å². The molecule has 3 aliphatic rings. The first kappa shape index (κ1) is 34.8. The lowest BCUT2D eigenvalue weighted by Gasteiger charge is -2.43. The topological polar surface area (TPSA) is 13.1 Å². The molecule has 2 aliphatic heterocycles. The Balaban J connectivity index is 1.27. The number of benzene rings is 7.